The summed E-state index contributed by atoms with van der Waals surface area (Å²) in [6.45, 7) is 3.86. The lowest BCUT2D eigenvalue weighted by Gasteiger charge is -1.99. The fourth-order valence-corrected chi connectivity index (χ4v) is 0.551. The van der Waals surface area contributed by atoms with Crippen molar-refractivity contribution in [3.8, 4) is 0 Å². The van der Waals surface area contributed by atoms with E-state index in [1.807, 2.05) is 13.8 Å². The summed E-state index contributed by atoms with van der Waals surface area (Å²) in [6, 6.07) is 0.213. The Hall–Kier alpha value is -0.520. The molecule has 0 aromatic carbocycles. The third-order valence-electron chi connectivity index (χ3n) is 0.855. The molecule has 4 nitrogen and oxygen atoms in total. The number of rotatable bonds is 3. The van der Waals surface area contributed by atoms with Gasteiger partial charge in [-0.25, -0.2) is 0 Å². The highest BCUT2D eigenvalue weighted by atomic mass is 32.2. The van der Waals surface area contributed by atoms with Gasteiger partial charge in [-0.1, -0.05) is 0 Å². The molecule has 5 heteroatoms. The Morgan fingerprint density at radius 1 is 1.64 bits per heavy atom. The van der Waals surface area contributed by atoms with Gasteiger partial charge in [0.15, 0.2) is 0 Å². The molecule has 0 rings (SSSR count). The second-order valence-electron chi connectivity index (χ2n) is 2.26. The zero-order valence-corrected chi connectivity index (χ0v) is 7.47. The van der Waals surface area contributed by atoms with Gasteiger partial charge < -0.3 is 10.3 Å². The van der Waals surface area contributed by atoms with Crippen molar-refractivity contribution in [2.45, 2.75) is 19.9 Å². The van der Waals surface area contributed by atoms with Crippen LogP contribution in [0.25, 0.3) is 0 Å². The van der Waals surface area contributed by atoms with Crippen LogP contribution in [0.5, 0.6) is 0 Å². The maximum atomic E-state index is 10.5. The summed E-state index contributed by atoms with van der Waals surface area (Å²) >= 11 is -1.58. The molecule has 11 heavy (non-hydrogen) atoms. The Morgan fingerprint density at radius 2 is 2.18 bits per heavy atom. The number of allylic oxidation sites excluding steroid dienone is 1. The molecule has 0 radical (unpaired) electrons. The summed E-state index contributed by atoms with van der Waals surface area (Å²) in [6.07, 6.45) is 2.95. The Balaban J connectivity index is 3.91. The summed E-state index contributed by atoms with van der Waals surface area (Å²) in [7, 11) is 0. The zero-order chi connectivity index (χ0) is 8.85. The lowest BCUT2D eigenvalue weighted by atomic mass is 10.4. The van der Waals surface area contributed by atoms with Crippen LogP contribution < -0.4 is 10.9 Å². The van der Waals surface area contributed by atoms with Crippen molar-refractivity contribution >= 4 is 17.6 Å². The number of nitrogens with two attached hydrogens (primary N) is 2. The standard InChI is InChI=1S/C6H13N3OS/c1-5(2)9-4-3-6(7)11(8)10/h3-5H,7-8H2,1-2H3. The summed E-state index contributed by atoms with van der Waals surface area (Å²) in [5, 5.41) is 5.10. The highest BCUT2D eigenvalue weighted by Crippen LogP contribution is 1.90. The monoisotopic (exact) mass is 175 g/mol. The first kappa shape index (κ1) is 10.5. The first-order chi connectivity index (χ1) is 5.04. The fourth-order valence-electron chi connectivity index (χ4n) is 0.356. The van der Waals surface area contributed by atoms with Crippen LogP contribution in [0.2, 0.25) is 0 Å². The molecule has 0 spiro atoms. The first-order valence-corrected chi connectivity index (χ1v) is 4.40. The first-order valence-electron chi connectivity index (χ1n) is 3.19. The van der Waals surface area contributed by atoms with E-state index < -0.39 is 11.4 Å². The highest BCUT2D eigenvalue weighted by molar-refractivity contribution is 7.93. The molecule has 0 saturated heterocycles. The topological polar surface area (TPSA) is 87.5 Å². The molecule has 0 aromatic heterocycles. The molecule has 0 aliphatic heterocycles. The second kappa shape index (κ2) is 5.17. The van der Waals surface area contributed by atoms with E-state index in [2.05, 4.69) is 4.99 Å². The van der Waals surface area contributed by atoms with Crippen molar-refractivity contribution in [3.05, 3.63) is 11.1 Å². The number of hydrogen-bond acceptors (Lipinski definition) is 4. The molecule has 0 fully saturated rings. The smallest absolute Gasteiger partial charge is 0.238 e. The molecule has 0 aliphatic carbocycles. The minimum absolute atomic E-state index is 0.134. The molecular formula is C6H13N3OS. The van der Waals surface area contributed by atoms with Crippen LogP contribution in [0.15, 0.2) is 16.1 Å². The molecule has 0 amide bonds. The Labute approximate surface area is 69.7 Å². The largest absolute Gasteiger partial charge is 0.592 e. The van der Waals surface area contributed by atoms with Crippen molar-refractivity contribution < 1.29 is 4.55 Å². The molecule has 0 bridgehead atoms. The molecule has 1 atom stereocenters. The molecule has 0 heterocycles. The molecule has 0 aromatic rings. The van der Waals surface area contributed by atoms with E-state index >= 15 is 0 Å². The SMILES string of the molecule is CC(C)N=CC=C(N)[S+](N)[O-]. The van der Waals surface area contributed by atoms with Crippen LogP contribution in [0.4, 0.5) is 0 Å². The van der Waals surface area contributed by atoms with Gasteiger partial charge in [0.05, 0.1) is 11.4 Å². The average Bonchev–Trinajstić information content (AvgIpc) is 1.86. The van der Waals surface area contributed by atoms with E-state index in [4.69, 9.17) is 10.9 Å². The van der Waals surface area contributed by atoms with Crippen LogP contribution in [0, 0.1) is 0 Å². The maximum absolute atomic E-state index is 10.5. The molecule has 0 aliphatic rings. The summed E-state index contributed by atoms with van der Waals surface area (Å²) in [5.41, 5.74) is 5.25. The second-order valence-corrected chi connectivity index (χ2v) is 3.32. The Kier molecular flexibility index (Phi) is 4.93. The van der Waals surface area contributed by atoms with Gasteiger partial charge >= 0.3 is 0 Å². The van der Waals surface area contributed by atoms with E-state index in [1.165, 1.54) is 12.3 Å². The molecule has 64 valence electrons. The molecule has 4 N–H and O–H groups in total. The van der Waals surface area contributed by atoms with E-state index in [1.54, 1.807) is 0 Å². The lowest BCUT2D eigenvalue weighted by Crippen LogP contribution is -2.20. The van der Waals surface area contributed by atoms with Gasteiger partial charge in [0.1, 0.15) is 0 Å². The van der Waals surface area contributed by atoms with E-state index in [9.17, 15) is 4.55 Å². The lowest BCUT2D eigenvalue weighted by molar-refractivity contribution is 0.602. The predicted molar refractivity (Wildman–Crippen MR) is 48.2 cm³/mol. The van der Waals surface area contributed by atoms with Crippen molar-refractivity contribution in [2.24, 2.45) is 15.9 Å². The third-order valence-corrected chi connectivity index (χ3v) is 1.46. The number of nitrogens with zero attached hydrogens (tertiary/aromatic N) is 1. The predicted octanol–water partition coefficient (Wildman–Crippen LogP) is -0.112. The molecule has 0 saturated carbocycles. The maximum Gasteiger partial charge on any atom is 0.238 e. The Morgan fingerprint density at radius 3 is 2.55 bits per heavy atom. The zero-order valence-electron chi connectivity index (χ0n) is 6.65. The average molecular weight is 175 g/mol. The highest BCUT2D eigenvalue weighted by Gasteiger charge is 2.00. The Bertz CT molecular complexity index is 165. The van der Waals surface area contributed by atoms with Gasteiger partial charge in [-0.05, 0) is 13.8 Å². The van der Waals surface area contributed by atoms with E-state index in [0.29, 0.717) is 0 Å². The minimum Gasteiger partial charge on any atom is -0.592 e. The van der Waals surface area contributed by atoms with Crippen LogP contribution in [0.1, 0.15) is 13.8 Å². The third kappa shape index (κ3) is 5.90. The minimum atomic E-state index is -1.58. The van der Waals surface area contributed by atoms with Gasteiger partial charge in [-0.15, -0.1) is 5.14 Å². The van der Waals surface area contributed by atoms with Crippen molar-refractivity contribution in [2.75, 3.05) is 0 Å². The van der Waals surface area contributed by atoms with Crippen LogP contribution in [-0.2, 0) is 11.4 Å². The number of aliphatic imine (C=N–C) groups is 1. The van der Waals surface area contributed by atoms with Gasteiger partial charge in [-0.2, -0.15) is 0 Å². The summed E-state index contributed by atoms with van der Waals surface area (Å²) in [4.78, 5) is 3.98. The van der Waals surface area contributed by atoms with Gasteiger partial charge in [-0.3, -0.25) is 4.99 Å². The van der Waals surface area contributed by atoms with Crippen molar-refractivity contribution in [1.82, 2.24) is 0 Å². The van der Waals surface area contributed by atoms with Crippen molar-refractivity contribution in [1.29, 1.82) is 0 Å². The van der Waals surface area contributed by atoms with Crippen LogP contribution >= 0.6 is 0 Å². The van der Waals surface area contributed by atoms with E-state index in [0.717, 1.165) is 0 Å². The quantitative estimate of drug-likeness (QED) is 0.463. The fraction of sp³-hybridized carbons (Fsp3) is 0.500. The van der Waals surface area contributed by atoms with Gasteiger partial charge in [0.2, 0.25) is 5.03 Å². The van der Waals surface area contributed by atoms with Crippen LogP contribution in [-0.4, -0.2) is 16.8 Å². The van der Waals surface area contributed by atoms with Crippen LogP contribution in [0.3, 0.4) is 0 Å². The normalized spacial score (nSPS) is 16.3. The summed E-state index contributed by atoms with van der Waals surface area (Å²) in [5.74, 6) is 0. The van der Waals surface area contributed by atoms with E-state index in [-0.39, 0.29) is 11.1 Å². The van der Waals surface area contributed by atoms with Crippen molar-refractivity contribution in [3.63, 3.8) is 0 Å². The molecular weight excluding hydrogens is 162 g/mol. The number of hydrogen-bond donors (Lipinski definition) is 2. The van der Waals surface area contributed by atoms with Gasteiger partial charge in [0.25, 0.3) is 0 Å². The van der Waals surface area contributed by atoms with Gasteiger partial charge in [0, 0.05) is 18.3 Å². The summed E-state index contributed by atoms with van der Waals surface area (Å²) < 4.78 is 10.5. The molecule has 1 unspecified atom stereocenters.